The van der Waals surface area contributed by atoms with Crippen molar-refractivity contribution in [3.63, 3.8) is 0 Å². The van der Waals surface area contributed by atoms with Crippen molar-refractivity contribution < 1.29 is 9.53 Å². The molecule has 1 N–H and O–H groups in total. The van der Waals surface area contributed by atoms with Crippen LogP contribution in [-0.4, -0.2) is 22.5 Å². The van der Waals surface area contributed by atoms with Gasteiger partial charge in [0.25, 0.3) is 0 Å². The first-order valence-electron chi connectivity index (χ1n) is 9.59. The molecule has 146 valence electrons. The molecular formula is C23H21N3O2S. The van der Waals surface area contributed by atoms with E-state index in [2.05, 4.69) is 40.4 Å². The van der Waals surface area contributed by atoms with Crippen LogP contribution in [0.1, 0.15) is 30.1 Å². The molecule has 2 aromatic heterocycles. The third kappa shape index (κ3) is 4.43. The van der Waals surface area contributed by atoms with Crippen LogP contribution in [0.2, 0.25) is 0 Å². The summed E-state index contributed by atoms with van der Waals surface area (Å²) >= 11 is 1.63. The fraction of sp³-hybridized carbons (Fsp3) is 0.174. The van der Waals surface area contributed by atoms with Crippen LogP contribution in [0.3, 0.4) is 0 Å². The van der Waals surface area contributed by atoms with Gasteiger partial charge in [0, 0.05) is 10.6 Å². The number of benzene rings is 2. The van der Waals surface area contributed by atoms with Crippen LogP contribution in [0.5, 0.6) is 0 Å². The smallest absolute Gasteiger partial charge is 0.338 e. The molecule has 0 saturated heterocycles. The Labute approximate surface area is 173 Å². The summed E-state index contributed by atoms with van der Waals surface area (Å²) in [7, 11) is 0. The summed E-state index contributed by atoms with van der Waals surface area (Å²) in [4.78, 5) is 23.1. The Kier molecular flexibility index (Phi) is 5.81. The molecule has 29 heavy (non-hydrogen) atoms. The lowest BCUT2D eigenvalue weighted by Crippen LogP contribution is -2.06. The fourth-order valence-electron chi connectivity index (χ4n) is 2.95. The van der Waals surface area contributed by atoms with E-state index < -0.39 is 0 Å². The number of nitrogens with one attached hydrogen (secondary N) is 1. The maximum Gasteiger partial charge on any atom is 0.338 e. The van der Waals surface area contributed by atoms with E-state index in [1.165, 1.54) is 0 Å². The van der Waals surface area contributed by atoms with Gasteiger partial charge in [0.05, 0.1) is 17.6 Å². The third-order valence-corrected chi connectivity index (χ3v) is 5.57. The van der Waals surface area contributed by atoms with Crippen LogP contribution in [0.4, 0.5) is 11.5 Å². The van der Waals surface area contributed by atoms with Crippen LogP contribution in [0.15, 0.2) is 67.0 Å². The minimum absolute atomic E-state index is 0.308. The number of rotatable bonds is 7. The molecule has 5 nitrogen and oxygen atoms in total. The van der Waals surface area contributed by atoms with Crippen molar-refractivity contribution in [2.45, 2.75) is 19.8 Å². The second-order valence-electron chi connectivity index (χ2n) is 6.61. The van der Waals surface area contributed by atoms with Gasteiger partial charge in [-0.2, -0.15) is 0 Å². The minimum Gasteiger partial charge on any atom is -0.462 e. The number of hydrogen-bond acceptors (Lipinski definition) is 6. The zero-order chi connectivity index (χ0) is 20.1. The number of fused-ring (bicyclic) bond motifs is 1. The van der Waals surface area contributed by atoms with Gasteiger partial charge >= 0.3 is 5.97 Å². The van der Waals surface area contributed by atoms with Gasteiger partial charge in [0.15, 0.2) is 0 Å². The Bertz CT molecular complexity index is 1130. The van der Waals surface area contributed by atoms with Crippen molar-refractivity contribution in [2.75, 3.05) is 11.9 Å². The molecule has 0 saturated carbocycles. The van der Waals surface area contributed by atoms with Gasteiger partial charge < -0.3 is 10.1 Å². The van der Waals surface area contributed by atoms with E-state index in [0.29, 0.717) is 18.0 Å². The Hall–Kier alpha value is -3.25. The first kappa shape index (κ1) is 19.1. The van der Waals surface area contributed by atoms with E-state index >= 15 is 0 Å². The maximum atomic E-state index is 12.2. The highest BCUT2D eigenvalue weighted by Gasteiger charge is 2.12. The summed E-state index contributed by atoms with van der Waals surface area (Å²) in [6, 6.07) is 19.6. The molecule has 0 aliphatic rings. The van der Waals surface area contributed by atoms with E-state index in [1.807, 2.05) is 30.3 Å². The van der Waals surface area contributed by atoms with Crippen molar-refractivity contribution in [3.05, 3.63) is 72.6 Å². The number of thiophene rings is 1. The first-order chi connectivity index (χ1) is 14.2. The Morgan fingerprint density at radius 3 is 2.76 bits per heavy atom. The molecule has 0 bridgehead atoms. The van der Waals surface area contributed by atoms with Crippen LogP contribution in [0.25, 0.3) is 20.7 Å². The molecule has 4 rings (SSSR count). The monoisotopic (exact) mass is 403 g/mol. The number of anilines is 2. The molecular weight excluding hydrogens is 382 g/mol. The van der Waals surface area contributed by atoms with E-state index in [4.69, 9.17) is 4.74 Å². The van der Waals surface area contributed by atoms with Gasteiger partial charge in [-0.05, 0) is 36.2 Å². The van der Waals surface area contributed by atoms with Gasteiger partial charge in [-0.1, -0.05) is 49.7 Å². The molecule has 0 fully saturated rings. The van der Waals surface area contributed by atoms with Gasteiger partial charge in [-0.25, -0.2) is 14.8 Å². The Morgan fingerprint density at radius 1 is 1.07 bits per heavy atom. The zero-order valence-electron chi connectivity index (χ0n) is 16.1. The summed E-state index contributed by atoms with van der Waals surface area (Å²) in [5.41, 5.74) is 2.45. The normalized spacial score (nSPS) is 10.8. The first-order valence-corrected chi connectivity index (χ1v) is 10.4. The molecule has 0 aliphatic heterocycles. The Morgan fingerprint density at radius 2 is 1.93 bits per heavy atom. The van der Waals surface area contributed by atoms with Crippen LogP contribution < -0.4 is 5.32 Å². The Balaban J connectivity index is 1.59. The predicted octanol–water partition coefficient (Wildman–Crippen LogP) is 6.06. The number of aromatic nitrogens is 2. The largest absolute Gasteiger partial charge is 0.462 e. The summed E-state index contributed by atoms with van der Waals surface area (Å²) in [5, 5.41) is 4.27. The average Bonchev–Trinajstić information content (AvgIpc) is 3.20. The summed E-state index contributed by atoms with van der Waals surface area (Å²) < 4.78 is 5.31. The third-order valence-electron chi connectivity index (χ3n) is 4.48. The molecule has 0 unspecified atom stereocenters. The number of carbonyl (C=O) groups excluding carboxylic acids is 1. The lowest BCUT2D eigenvalue weighted by molar-refractivity contribution is 0.0500. The van der Waals surface area contributed by atoms with Gasteiger partial charge in [0.1, 0.15) is 17.0 Å². The maximum absolute atomic E-state index is 12.2. The predicted molar refractivity (Wildman–Crippen MR) is 118 cm³/mol. The standard InChI is InChI=1S/C23H21N3O2S/c1-2-3-12-28-23(27)17-10-7-11-18(13-17)26-21-19-14-20(16-8-5-4-6-9-16)29-22(19)25-15-24-21/h4-11,13-15H,2-3,12H2,1H3,(H,24,25,26). The number of carbonyl (C=O) groups is 1. The van der Waals surface area contributed by atoms with Crippen LogP contribution in [0, 0.1) is 0 Å². The molecule has 0 radical (unpaired) electrons. The summed E-state index contributed by atoms with van der Waals surface area (Å²) in [6.45, 7) is 2.51. The van der Waals surface area contributed by atoms with Gasteiger partial charge in [-0.15, -0.1) is 11.3 Å². The zero-order valence-corrected chi connectivity index (χ0v) is 16.9. The minimum atomic E-state index is -0.308. The molecule has 0 spiro atoms. The highest BCUT2D eigenvalue weighted by atomic mass is 32.1. The van der Waals surface area contributed by atoms with Crippen LogP contribution in [-0.2, 0) is 4.74 Å². The van der Waals surface area contributed by atoms with E-state index in [0.717, 1.165) is 39.2 Å². The van der Waals surface area contributed by atoms with Crippen LogP contribution >= 0.6 is 11.3 Å². The molecule has 0 aliphatic carbocycles. The quantitative estimate of drug-likeness (QED) is 0.300. The highest BCUT2D eigenvalue weighted by molar-refractivity contribution is 7.21. The molecule has 2 heterocycles. The highest BCUT2D eigenvalue weighted by Crippen LogP contribution is 2.35. The van der Waals surface area contributed by atoms with Crippen molar-refractivity contribution >= 4 is 39.0 Å². The lowest BCUT2D eigenvalue weighted by Gasteiger charge is -2.08. The molecule has 2 aromatic carbocycles. The summed E-state index contributed by atoms with van der Waals surface area (Å²) in [6.07, 6.45) is 3.41. The number of unbranched alkanes of at least 4 members (excludes halogenated alkanes) is 1. The molecule has 6 heteroatoms. The number of ether oxygens (including phenoxy) is 1. The van der Waals surface area contributed by atoms with Gasteiger partial charge in [0.2, 0.25) is 0 Å². The number of nitrogens with zero attached hydrogens (tertiary/aromatic N) is 2. The fourth-order valence-corrected chi connectivity index (χ4v) is 3.96. The SMILES string of the molecule is CCCCOC(=O)c1cccc(Nc2ncnc3sc(-c4ccccc4)cc23)c1. The van der Waals surface area contributed by atoms with Crippen molar-refractivity contribution in [1.82, 2.24) is 9.97 Å². The van der Waals surface area contributed by atoms with E-state index in [1.54, 1.807) is 29.8 Å². The average molecular weight is 404 g/mol. The number of hydrogen-bond donors (Lipinski definition) is 1. The van der Waals surface area contributed by atoms with Crippen molar-refractivity contribution in [3.8, 4) is 10.4 Å². The molecule has 0 amide bonds. The molecule has 0 atom stereocenters. The second kappa shape index (κ2) is 8.84. The van der Waals surface area contributed by atoms with Crippen molar-refractivity contribution in [2.24, 2.45) is 0 Å². The second-order valence-corrected chi connectivity index (χ2v) is 7.64. The summed E-state index contributed by atoms with van der Waals surface area (Å²) in [5.74, 6) is 0.404. The van der Waals surface area contributed by atoms with E-state index in [9.17, 15) is 4.79 Å². The molecule has 4 aromatic rings. The topological polar surface area (TPSA) is 64.1 Å². The number of esters is 1. The lowest BCUT2D eigenvalue weighted by atomic mass is 10.2. The van der Waals surface area contributed by atoms with Crippen molar-refractivity contribution in [1.29, 1.82) is 0 Å². The van der Waals surface area contributed by atoms with Gasteiger partial charge in [-0.3, -0.25) is 0 Å². The van der Waals surface area contributed by atoms with E-state index in [-0.39, 0.29) is 5.97 Å².